The number of nitrogens with one attached hydrogen (secondary N) is 1. The maximum Gasteiger partial charge on any atom is 0.232 e. The number of aromatic nitrogens is 2. The van der Waals surface area contributed by atoms with Crippen molar-refractivity contribution < 1.29 is 4.52 Å². The Kier molecular flexibility index (Phi) is 4.86. The lowest BCUT2D eigenvalue weighted by Crippen LogP contribution is -2.39. The standard InChI is InChI=1S/C15H25N3OS2/c1-4-15(5-7-16-8-6-15)14-17-13(18-19-14)12-9-20-10(2)11(3)21-12/h10-12,16H,4-9H2,1-3H3. The second kappa shape index (κ2) is 6.50. The summed E-state index contributed by atoms with van der Waals surface area (Å²) in [7, 11) is 0. The largest absolute Gasteiger partial charge is 0.339 e. The van der Waals surface area contributed by atoms with Gasteiger partial charge in [0.2, 0.25) is 5.89 Å². The molecule has 0 bridgehead atoms. The first-order valence-electron chi connectivity index (χ1n) is 7.96. The molecule has 0 radical (unpaired) electrons. The maximum absolute atomic E-state index is 5.70. The molecule has 2 saturated heterocycles. The quantitative estimate of drug-likeness (QED) is 0.918. The smallest absolute Gasteiger partial charge is 0.232 e. The molecule has 3 unspecified atom stereocenters. The summed E-state index contributed by atoms with van der Waals surface area (Å²) in [5.41, 5.74) is 0.0991. The van der Waals surface area contributed by atoms with Crippen LogP contribution in [0.25, 0.3) is 0 Å². The molecule has 4 nitrogen and oxygen atoms in total. The summed E-state index contributed by atoms with van der Waals surface area (Å²) in [6.07, 6.45) is 3.28. The lowest BCUT2D eigenvalue weighted by atomic mass is 9.76. The van der Waals surface area contributed by atoms with Gasteiger partial charge in [-0.3, -0.25) is 0 Å². The van der Waals surface area contributed by atoms with Crippen LogP contribution in [0, 0.1) is 0 Å². The van der Waals surface area contributed by atoms with Crippen LogP contribution in [0.2, 0.25) is 0 Å². The molecule has 0 amide bonds. The molecule has 3 heterocycles. The first kappa shape index (κ1) is 15.7. The minimum atomic E-state index is 0.0991. The third-order valence-electron chi connectivity index (χ3n) is 4.97. The molecule has 0 spiro atoms. The van der Waals surface area contributed by atoms with Gasteiger partial charge in [0.15, 0.2) is 5.82 Å². The molecule has 2 aliphatic heterocycles. The Morgan fingerprint density at radius 1 is 1.29 bits per heavy atom. The molecule has 0 aromatic carbocycles. The molecule has 21 heavy (non-hydrogen) atoms. The number of piperidine rings is 1. The summed E-state index contributed by atoms with van der Waals surface area (Å²) in [5, 5.41) is 9.50. The highest BCUT2D eigenvalue weighted by molar-refractivity contribution is 8.07. The topological polar surface area (TPSA) is 51.0 Å². The van der Waals surface area contributed by atoms with Crippen LogP contribution < -0.4 is 5.32 Å². The van der Waals surface area contributed by atoms with Gasteiger partial charge in [0.25, 0.3) is 0 Å². The normalized spacial score (nSPS) is 33.0. The van der Waals surface area contributed by atoms with Crippen molar-refractivity contribution in [1.29, 1.82) is 0 Å². The van der Waals surface area contributed by atoms with Crippen molar-refractivity contribution in [3.63, 3.8) is 0 Å². The molecule has 0 saturated carbocycles. The van der Waals surface area contributed by atoms with E-state index in [1.807, 2.05) is 23.5 Å². The van der Waals surface area contributed by atoms with E-state index < -0.39 is 0 Å². The van der Waals surface area contributed by atoms with E-state index in [1.165, 1.54) is 0 Å². The van der Waals surface area contributed by atoms with Crippen LogP contribution in [0.5, 0.6) is 0 Å². The second-order valence-corrected chi connectivity index (χ2v) is 9.20. The minimum absolute atomic E-state index is 0.0991. The fourth-order valence-corrected chi connectivity index (χ4v) is 5.96. The Bertz CT molecular complexity index is 473. The Hall–Kier alpha value is -0.200. The number of hydrogen-bond acceptors (Lipinski definition) is 6. The van der Waals surface area contributed by atoms with E-state index >= 15 is 0 Å². The van der Waals surface area contributed by atoms with Crippen molar-refractivity contribution in [2.24, 2.45) is 0 Å². The maximum atomic E-state index is 5.70. The average Bonchev–Trinajstić information content (AvgIpc) is 3.01. The Morgan fingerprint density at radius 3 is 2.71 bits per heavy atom. The summed E-state index contributed by atoms with van der Waals surface area (Å²) >= 11 is 4.02. The minimum Gasteiger partial charge on any atom is -0.339 e. The zero-order chi connectivity index (χ0) is 14.9. The molecule has 1 aromatic heterocycles. The first-order valence-corrected chi connectivity index (χ1v) is 9.95. The number of nitrogens with zero attached hydrogens (tertiary/aromatic N) is 2. The summed E-state index contributed by atoms with van der Waals surface area (Å²) < 4.78 is 5.70. The molecule has 6 heteroatoms. The highest BCUT2D eigenvalue weighted by atomic mass is 32.2. The third-order valence-corrected chi connectivity index (χ3v) is 8.36. The third kappa shape index (κ3) is 3.13. The fourth-order valence-electron chi connectivity index (χ4n) is 3.12. The molecule has 0 aliphatic carbocycles. The van der Waals surface area contributed by atoms with Crippen molar-refractivity contribution >= 4 is 23.5 Å². The van der Waals surface area contributed by atoms with Gasteiger partial charge in [-0.15, -0.1) is 11.8 Å². The van der Waals surface area contributed by atoms with Crippen molar-refractivity contribution in [3.8, 4) is 0 Å². The predicted octanol–water partition coefficient (Wildman–Crippen LogP) is 3.40. The molecule has 3 rings (SSSR count). The zero-order valence-corrected chi connectivity index (χ0v) is 14.7. The van der Waals surface area contributed by atoms with Gasteiger partial charge in [0.05, 0.1) is 10.7 Å². The lowest BCUT2D eigenvalue weighted by Gasteiger charge is -2.33. The van der Waals surface area contributed by atoms with Crippen LogP contribution in [0.15, 0.2) is 4.52 Å². The Labute approximate surface area is 135 Å². The van der Waals surface area contributed by atoms with Crippen molar-refractivity contribution in [2.45, 2.75) is 61.2 Å². The van der Waals surface area contributed by atoms with Gasteiger partial charge >= 0.3 is 0 Å². The van der Waals surface area contributed by atoms with Gasteiger partial charge < -0.3 is 9.84 Å². The molecule has 2 fully saturated rings. The summed E-state index contributed by atoms with van der Waals surface area (Å²) in [5.74, 6) is 2.88. The van der Waals surface area contributed by atoms with Crippen LogP contribution >= 0.6 is 23.5 Å². The molecular weight excluding hydrogens is 302 g/mol. The Morgan fingerprint density at radius 2 is 2.05 bits per heavy atom. The molecule has 118 valence electrons. The predicted molar refractivity (Wildman–Crippen MR) is 90.1 cm³/mol. The highest BCUT2D eigenvalue weighted by Gasteiger charge is 2.39. The van der Waals surface area contributed by atoms with Gasteiger partial charge in [0, 0.05) is 16.3 Å². The number of rotatable bonds is 3. The monoisotopic (exact) mass is 327 g/mol. The van der Waals surface area contributed by atoms with Gasteiger partial charge in [-0.1, -0.05) is 25.9 Å². The van der Waals surface area contributed by atoms with E-state index in [0.717, 1.165) is 49.8 Å². The number of thioether (sulfide) groups is 2. The molecule has 1 N–H and O–H groups in total. The Balaban J connectivity index is 1.76. The first-order chi connectivity index (χ1) is 10.1. The van der Waals surface area contributed by atoms with Crippen LogP contribution in [0.1, 0.15) is 57.0 Å². The van der Waals surface area contributed by atoms with E-state index in [-0.39, 0.29) is 5.41 Å². The van der Waals surface area contributed by atoms with Crippen molar-refractivity contribution in [1.82, 2.24) is 15.5 Å². The van der Waals surface area contributed by atoms with E-state index in [4.69, 9.17) is 9.51 Å². The van der Waals surface area contributed by atoms with Crippen LogP contribution in [-0.4, -0.2) is 39.5 Å². The van der Waals surface area contributed by atoms with Crippen molar-refractivity contribution in [2.75, 3.05) is 18.8 Å². The van der Waals surface area contributed by atoms with Gasteiger partial charge in [-0.2, -0.15) is 16.7 Å². The van der Waals surface area contributed by atoms with E-state index in [0.29, 0.717) is 15.7 Å². The van der Waals surface area contributed by atoms with Gasteiger partial charge in [0.1, 0.15) is 0 Å². The van der Waals surface area contributed by atoms with Crippen LogP contribution in [-0.2, 0) is 5.41 Å². The summed E-state index contributed by atoms with van der Waals surface area (Å²) in [6, 6.07) is 0. The molecule has 2 aliphatic rings. The average molecular weight is 328 g/mol. The number of hydrogen-bond donors (Lipinski definition) is 1. The lowest BCUT2D eigenvalue weighted by molar-refractivity contribution is 0.216. The SMILES string of the molecule is CCC1(c2nc(C3CSC(C)C(C)S3)no2)CCNCC1. The molecule has 1 aromatic rings. The zero-order valence-electron chi connectivity index (χ0n) is 13.1. The van der Waals surface area contributed by atoms with Crippen molar-refractivity contribution in [3.05, 3.63) is 11.7 Å². The van der Waals surface area contributed by atoms with E-state index in [1.54, 1.807) is 0 Å². The van der Waals surface area contributed by atoms with E-state index in [9.17, 15) is 0 Å². The molecular formula is C15H25N3OS2. The summed E-state index contributed by atoms with van der Waals surface area (Å²) in [6.45, 7) is 8.95. The van der Waals surface area contributed by atoms with E-state index in [2.05, 4.69) is 31.2 Å². The molecule has 3 atom stereocenters. The van der Waals surface area contributed by atoms with Crippen LogP contribution in [0.3, 0.4) is 0 Å². The fraction of sp³-hybridized carbons (Fsp3) is 0.867. The highest BCUT2D eigenvalue weighted by Crippen LogP contribution is 2.44. The summed E-state index contributed by atoms with van der Waals surface area (Å²) in [4.78, 5) is 4.82. The van der Waals surface area contributed by atoms with Gasteiger partial charge in [-0.05, 0) is 32.4 Å². The van der Waals surface area contributed by atoms with Crippen LogP contribution in [0.4, 0.5) is 0 Å². The van der Waals surface area contributed by atoms with Gasteiger partial charge in [-0.25, -0.2) is 0 Å². The second-order valence-electron chi connectivity index (χ2n) is 6.21.